The quantitative estimate of drug-likeness (QED) is 0.870. The van der Waals surface area contributed by atoms with Crippen LogP contribution in [0.3, 0.4) is 0 Å². The van der Waals surface area contributed by atoms with E-state index in [-0.39, 0.29) is 0 Å². The van der Waals surface area contributed by atoms with Gasteiger partial charge in [0.05, 0.1) is 17.7 Å². The fraction of sp³-hybridized carbons (Fsp3) is 0.250. The van der Waals surface area contributed by atoms with E-state index in [1.54, 1.807) is 30.5 Å². The molecule has 2 rings (SSSR count). The number of rotatable bonds is 5. The molecule has 0 spiro atoms. The molecule has 1 aromatic carbocycles. The van der Waals surface area contributed by atoms with Gasteiger partial charge in [-0.3, -0.25) is 4.98 Å². The highest BCUT2D eigenvalue weighted by atomic mass is 16.3. The lowest BCUT2D eigenvalue weighted by Gasteiger charge is -2.13. The average Bonchev–Trinajstić information content (AvgIpc) is 2.49. The van der Waals surface area contributed by atoms with Crippen LogP contribution >= 0.6 is 0 Å². The molecule has 4 nitrogen and oxygen atoms in total. The zero-order valence-electron chi connectivity index (χ0n) is 11.4. The topological polar surface area (TPSA) is 68.9 Å². The van der Waals surface area contributed by atoms with Crippen LogP contribution in [-0.4, -0.2) is 16.6 Å². The summed E-state index contributed by atoms with van der Waals surface area (Å²) in [4.78, 5) is 4.09. The van der Waals surface area contributed by atoms with Crippen LogP contribution < -0.4 is 5.32 Å². The molecule has 1 unspecified atom stereocenters. The van der Waals surface area contributed by atoms with Crippen LogP contribution in [0.2, 0.25) is 0 Å². The lowest BCUT2D eigenvalue weighted by molar-refractivity contribution is 0.174. The summed E-state index contributed by atoms with van der Waals surface area (Å²) < 4.78 is 0. The van der Waals surface area contributed by atoms with Crippen LogP contribution in [-0.2, 0) is 6.54 Å². The third-order valence-corrected chi connectivity index (χ3v) is 3.23. The minimum Gasteiger partial charge on any atom is -0.387 e. The second-order valence-corrected chi connectivity index (χ2v) is 4.68. The Balaban J connectivity index is 1.87. The van der Waals surface area contributed by atoms with E-state index in [9.17, 15) is 5.11 Å². The van der Waals surface area contributed by atoms with Crippen molar-refractivity contribution in [3.8, 4) is 6.07 Å². The zero-order chi connectivity index (χ0) is 14.4. The van der Waals surface area contributed by atoms with E-state index in [0.717, 1.165) is 11.1 Å². The Bertz CT molecular complexity index is 602. The Labute approximate surface area is 118 Å². The van der Waals surface area contributed by atoms with Gasteiger partial charge < -0.3 is 10.4 Å². The van der Waals surface area contributed by atoms with Gasteiger partial charge in [-0.25, -0.2) is 0 Å². The summed E-state index contributed by atoms with van der Waals surface area (Å²) in [5, 5.41) is 22.0. The first-order chi connectivity index (χ1) is 9.70. The van der Waals surface area contributed by atoms with Crippen molar-refractivity contribution < 1.29 is 5.11 Å². The van der Waals surface area contributed by atoms with E-state index in [4.69, 9.17) is 5.26 Å². The van der Waals surface area contributed by atoms with E-state index in [2.05, 4.69) is 16.4 Å². The molecule has 0 aliphatic heterocycles. The smallest absolute Gasteiger partial charge is 0.0991 e. The number of aliphatic hydroxyl groups excluding tert-OH is 1. The molecule has 0 bridgehead atoms. The van der Waals surface area contributed by atoms with Crippen LogP contribution in [0.5, 0.6) is 0 Å². The number of aryl methyl sites for hydroxylation is 1. The molecule has 0 fully saturated rings. The number of hydrogen-bond acceptors (Lipinski definition) is 4. The first-order valence-electron chi connectivity index (χ1n) is 6.49. The summed E-state index contributed by atoms with van der Waals surface area (Å²) in [7, 11) is 0. The number of benzene rings is 1. The van der Waals surface area contributed by atoms with Crippen LogP contribution in [0.25, 0.3) is 0 Å². The molecular formula is C16H17N3O. The van der Waals surface area contributed by atoms with E-state index in [1.165, 1.54) is 5.56 Å². The Morgan fingerprint density at radius 1 is 1.30 bits per heavy atom. The van der Waals surface area contributed by atoms with Gasteiger partial charge in [0, 0.05) is 25.5 Å². The highest BCUT2D eigenvalue weighted by Crippen LogP contribution is 2.13. The molecule has 0 aliphatic rings. The molecule has 0 saturated carbocycles. The van der Waals surface area contributed by atoms with E-state index in [1.807, 2.05) is 19.2 Å². The molecule has 20 heavy (non-hydrogen) atoms. The molecule has 0 amide bonds. The maximum atomic E-state index is 10.1. The normalized spacial score (nSPS) is 11.8. The van der Waals surface area contributed by atoms with Gasteiger partial charge in [0.1, 0.15) is 0 Å². The maximum Gasteiger partial charge on any atom is 0.0991 e. The first kappa shape index (κ1) is 14.2. The largest absolute Gasteiger partial charge is 0.387 e. The lowest BCUT2D eigenvalue weighted by atomic mass is 10.1. The van der Waals surface area contributed by atoms with Crippen molar-refractivity contribution in [3.63, 3.8) is 0 Å². The lowest BCUT2D eigenvalue weighted by Crippen LogP contribution is -2.21. The molecule has 4 heteroatoms. The van der Waals surface area contributed by atoms with Crippen molar-refractivity contribution in [1.29, 1.82) is 5.26 Å². The van der Waals surface area contributed by atoms with Gasteiger partial charge in [-0.15, -0.1) is 0 Å². The van der Waals surface area contributed by atoms with Gasteiger partial charge in [0.15, 0.2) is 0 Å². The highest BCUT2D eigenvalue weighted by Gasteiger charge is 2.07. The summed E-state index contributed by atoms with van der Waals surface area (Å²) in [5.41, 5.74) is 3.71. The molecule has 0 aliphatic carbocycles. The van der Waals surface area contributed by atoms with Crippen LogP contribution in [0.1, 0.15) is 28.4 Å². The SMILES string of the molecule is Cc1ccncc1CNCC(O)c1ccc(C#N)cc1. The van der Waals surface area contributed by atoms with Crippen molar-refractivity contribution in [3.05, 3.63) is 65.0 Å². The Hall–Kier alpha value is -2.22. The average molecular weight is 267 g/mol. The van der Waals surface area contributed by atoms with E-state index >= 15 is 0 Å². The molecule has 102 valence electrons. The Morgan fingerprint density at radius 2 is 2.05 bits per heavy atom. The van der Waals surface area contributed by atoms with Gasteiger partial charge in [-0.2, -0.15) is 5.26 Å². The van der Waals surface area contributed by atoms with Crippen molar-refractivity contribution >= 4 is 0 Å². The third kappa shape index (κ3) is 3.64. The fourth-order valence-corrected chi connectivity index (χ4v) is 1.92. The number of nitrogens with one attached hydrogen (secondary N) is 1. The monoisotopic (exact) mass is 267 g/mol. The summed E-state index contributed by atoms with van der Waals surface area (Å²) in [6.45, 7) is 3.17. The van der Waals surface area contributed by atoms with Crippen LogP contribution in [0, 0.1) is 18.3 Å². The number of aliphatic hydroxyl groups is 1. The van der Waals surface area contributed by atoms with Gasteiger partial charge in [0.2, 0.25) is 0 Å². The molecule has 0 radical (unpaired) electrons. The predicted octanol–water partition coefficient (Wildman–Crippen LogP) is 2.08. The number of hydrogen-bond donors (Lipinski definition) is 2. The minimum atomic E-state index is -0.584. The summed E-state index contributed by atoms with van der Waals surface area (Å²) in [6.07, 6.45) is 3.01. The maximum absolute atomic E-state index is 10.1. The van der Waals surface area contributed by atoms with Crippen molar-refractivity contribution in [2.24, 2.45) is 0 Å². The number of nitrogens with zero attached hydrogens (tertiary/aromatic N) is 2. The van der Waals surface area contributed by atoms with Crippen molar-refractivity contribution in [1.82, 2.24) is 10.3 Å². The van der Waals surface area contributed by atoms with Gasteiger partial charge in [0.25, 0.3) is 0 Å². The molecule has 2 N–H and O–H groups in total. The van der Waals surface area contributed by atoms with E-state index < -0.39 is 6.10 Å². The number of nitriles is 1. The predicted molar refractivity (Wildman–Crippen MR) is 76.8 cm³/mol. The molecule has 1 atom stereocenters. The summed E-state index contributed by atoms with van der Waals surface area (Å²) >= 11 is 0. The molecular weight excluding hydrogens is 250 g/mol. The molecule has 1 aromatic heterocycles. The van der Waals surface area contributed by atoms with Gasteiger partial charge in [-0.05, 0) is 41.8 Å². The summed E-state index contributed by atoms with van der Waals surface area (Å²) in [6, 6.07) is 11.0. The summed E-state index contributed by atoms with van der Waals surface area (Å²) in [5.74, 6) is 0. The van der Waals surface area contributed by atoms with Gasteiger partial charge in [-0.1, -0.05) is 12.1 Å². The fourth-order valence-electron chi connectivity index (χ4n) is 1.92. The second kappa shape index (κ2) is 6.80. The first-order valence-corrected chi connectivity index (χ1v) is 6.49. The number of pyridine rings is 1. The molecule has 2 aromatic rings. The minimum absolute atomic E-state index is 0.459. The molecule has 1 heterocycles. The number of aromatic nitrogens is 1. The molecule has 0 saturated heterocycles. The van der Waals surface area contributed by atoms with Crippen LogP contribution in [0.15, 0.2) is 42.7 Å². The standard InChI is InChI=1S/C16H17N3O/c1-12-6-7-18-9-15(12)10-19-11-16(20)14-4-2-13(8-17)3-5-14/h2-7,9,16,19-20H,10-11H2,1H3. The Kier molecular flexibility index (Phi) is 4.83. The Morgan fingerprint density at radius 3 is 2.70 bits per heavy atom. The highest BCUT2D eigenvalue weighted by molar-refractivity contribution is 5.32. The van der Waals surface area contributed by atoms with E-state index in [0.29, 0.717) is 18.7 Å². The second-order valence-electron chi connectivity index (χ2n) is 4.68. The van der Waals surface area contributed by atoms with Crippen molar-refractivity contribution in [2.75, 3.05) is 6.54 Å². The van der Waals surface area contributed by atoms with Gasteiger partial charge >= 0.3 is 0 Å². The third-order valence-electron chi connectivity index (χ3n) is 3.23. The zero-order valence-corrected chi connectivity index (χ0v) is 11.4. The van der Waals surface area contributed by atoms with Crippen molar-refractivity contribution in [2.45, 2.75) is 19.6 Å². The van der Waals surface area contributed by atoms with Crippen LogP contribution in [0.4, 0.5) is 0 Å².